The largest absolute Gasteiger partial charge is 0.502 e. The Labute approximate surface area is 325 Å². The SMILES string of the molecule is COc1cc(C=C[C@H]2C3=CC[C@@H]4C(=O)N(c5ccc(Cl)cc5)C(=O)[C@@H]4[C@@H]3C[C@H]3C(=O)N(Nc4ccc(F)cc4)C(=O)[C@@]23c2ccc(Cl)cc2)cc(OC)c1O. The first-order valence-corrected chi connectivity index (χ1v) is 18.4. The quantitative estimate of drug-likeness (QED) is 0.138. The van der Waals surface area contributed by atoms with Gasteiger partial charge in [0.05, 0.1) is 48.8 Å². The molecule has 0 unspecified atom stereocenters. The van der Waals surface area contributed by atoms with Crippen LogP contribution in [0.5, 0.6) is 17.2 Å². The fourth-order valence-corrected chi connectivity index (χ4v) is 9.22. The van der Waals surface area contributed by atoms with Crippen molar-refractivity contribution in [2.45, 2.75) is 18.3 Å². The number of rotatable bonds is 8. The Balaban J connectivity index is 1.31. The van der Waals surface area contributed by atoms with E-state index in [1.807, 2.05) is 12.2 Å². The molecule has 6 atom stereocenters. The number of nitrogens with zero attached hydrogens (tertiary/aromatic N) is 2. The minimum atomic E-state index is -1.55. The van der Waals surface area contributed by atoms with Gasteiger partial charge in [0.25, 0.3) is 11.8 Å². The molecule has 0 aromatic heterocycles. The van der Waals surface area contributed by atoms with Crippen molar-refractivity contribution in [1.82, 2.24) is 5.01 Å². The van der Waals surface area contributed by atoms with Gasteiger partial charge in [0, 0.05) is 16.0 Å². The van der Waals surface area contributed by atoms with Gasteiger partial charge < -0.3 is 14.6 Å². The number of anilines is 2. The molecule has 0 radical (unpaired) electrons. The van der Waals surface area contributed by atoms with Crippen LogP contribution in [0.25, 0.3) is 6.08 Å². The van der Waals surface area contributed by atoms with E-state index in [1.165, 1.54) is 43.4 Å². The topological polar surface area (TPSA) is 125 Å². The molecule has 13 heteroatoms. The number of aromatic hydroxyl groups is 1. The molecular formula is C42H34Cl2FN3O7. The zero-order valence-corrected chi connectivity index (χ0v) is 31.1. The number of benzene rings is 4. The van der Waals surface area contributed by atoms with Crippen molar-refractivity contribution in [3.05, 3.63) is 130 Å². The van der Waals surface area contributed by atoms with Crippen LogP contribution in [0.3, 0.4) is 0 Å². The third-order valence-electron chi connectivity index (χ3n) is 11.4. The number of halogens is 3. The summed E-state index contributed by atoms with van der Waals surface area (Å²) in [5.74, 6) is -6.11. The van der Waals surface area contributed by atoms with Crippen molar-refractivity contribution in [2.75, 3.05) is 24.5 Å². The van der Waals surface area contributed by atoms with Crippen molar-refractivity contribution in [3.8, 4) is 17.2 Å². The number of fused-ring (bicyclic) bond motifs is 4. The number of ether oxygens (including phenoxy) is 2. The van der Waals surface area contributed by atoms with Crippen LogP contribution in [0.15, 0.2) is 103 Å². The number of phenolic OH excluding ortho intramolecular Hbond substituents is 1. The summed E-state index contributed by atoms with van der Waals surface area (Å²) in [4.78, 5) is 59.7. The van der Waals surface area contributed by atoms with Gasteiger partial charge in [0.15, 0.2) is 11.5 Å². The number of hydrazine groups is 1. The monoisotopic (exact) mass is 781 g/mol. The van der Waals surface area contributed by atoms with Gasteiger partial charge in [-0.3, -0.25) is 29.5 Å². The average Bonchev–Trinajstić information content (AvgIpc) is 3.56. The maximum Gasteiger partial charge on any atom is 0.260 e. The first kappa shape index (κ1) is 36.3. The van der Waals surface area contributed by atoms with Crippen molar-refractivity contribution >= 4 is 64.3 Å². The second-order valence-corrected chi connectivity index (χ2v) is 14.9. The Morgan fingerprint density at radius 3 is 2.07 bits per heavy atom. The molecule has 3 fully saturated rings. The Kier molecular flexibility index (Phi) is 9.17. The summed E-state index contributed by atoms with van der Waals surface area (Å²) in [5.41, 5.74) is 3.93. The molecule has 2 saturated heterocycles. The van der Waals surface area contributed by atoms with Gasteiger partial charge in [-0.05, 0) is 103 Å². The molecule has 55 heavy (non-hydrogen) atoms. The van der Waals surface area contributed by atoms with Gasteiger partial charge in [-0.1, -0.05) is 59.1 Å². The third kappa shape index (κ3) is 5.75. The maximum atomic E-state index is 15.2. The van der Waals surface area contributed by atoms with E-state index >= 15 is 4.79 Å². The molecule has 4 aromatic rings. The molecule has 2 aliphatic carbocycles. The van der Waals surface area contributed by atoms with Crippen molar-refractivity contribution in [1.29, 1.82) is 0 Å². The van der Waals surface area contributed by atoms with E-state index in [4.69, 9.17) is 32.7 Å². The number of allylic oxidation sites excluding steroid dienone is 3. The first-order valence-electron chi connectivity index (χ1n) is 17.6. The van der Waals surface area contributed by atoms with Crippen LogP contribution in [0.4, 0.5) is 15.8 Å². The fraction of sp³-hybridized carbons (Fsp3) is 0.238. The number of imide groups is 2. The molecule has 0 bridgehead atoms. The summed E-state index contributed by atoms with van der Waals surface area (Å²) in [6.07, 6.45) is 5.85. The number of carbonyl (C=O) groups excluding carboxylic acids is 4. The van der Waals surface area contributed by atoms with Crippen LogP contribution in [0.1, 0.15) is 24.0 Å². The van der Waals surface area contributed by atoms with Crippen molar-refractivity contribution < 1.29 is 38.1 Å². The highest BCUT2D eigenvalue weighted by molar-refractivity contribution is 6.31. The normalized spacial score (nSPS) is 25.8. The zero-order chi connectivity index (χ0) is 38.8. The predicted molar refractivity (Wildman–Crippen MR) is 204 cm³/mol. The Bertz CT molecular complexity index is 2270. The lowest BCUT2D eigenvalue weighted by Crippen LogP contribution is -2.54. The molecule has 4 aliphatic rings. The molecule has 0 spiro atoms. The molecular weight excluding hydrogens is 748 g/mol. The summed E-state index contributed by atoms with van der Waals surface area (Å²) >= 11 is 12.5. The van der Waals surface area contributed by atoms with Crippen LogP contribution in [-0.2, 0) is 24.6 Å². The van der Waals surface area contributed by atoms with Crippen LogP contribution < -0.4 is 19.8 Å². The molecule has 2 aliphatic heterocycles. The second kappa shape index (κ2) is 13.9. The van der Waals surface area contributed by atoms with Crippen LogP contribution in [-0.4, -0.2) is 48.0 Å². The maximum absolute atomic E-state index is 15.2. The lowest BCUT2D eigenvalue weighted by Gasteiger charge is -2.49. The van der Waals surface area contributed by atoms with Gasteiger partial charge in [-0.15, -0.1) is 0 Å². The Morgan fingerprint density at radius 1 is 0.836 bits per heavy atom. The number of methoxy groups -OCH3 is 2. The van der Waals surface area contributed by atoms with Gasteiger partial charge in [-0.2, -0.15) is 5.01 Å². The van der Waals surface area contributed by atoms with Gasteiger partial charge >= 0.3 is 0 Å². The second-order valence-electron chi connectivity index (χ2n) is 14.0. The van der Waals surface area contributed by atoms with Crippen molar-refractivity contribution in [2.24, 2.45) is 29.6 Å². The number of phenols is 1. The summed E-state index contributed by atoms with van der Waals surface area (Å²) < 4.78 is 24.7. The molecule has 4 aromatic carbocycles. The van der Waals surface area contributed by atoms with E-state index in [1.54, 1.807) is 66.7 Å². The highest BCUT2D eigenvalue weighted by Gasteiger charge is 2.69. The molecule has 280 valence electrons. The number of hydrogen-bond acceptors (Lipinski definition) is 8. The highest BCUT2D eigenvalue weighted by atomic mass is 35.5. The minimum Gasteiger partial charge on any atom is -0.502 e. The van der Waals surface area contributed by atoms with E-state index in [9.17, 15) is 23.9 Å². The minimum absolute atomic E-state index is 0.0838. The molecule has 2 N–H and O–H groups in total. The summed E-state index contributed by atoms with van der Waals surface area (Å²) in [7, 11) is 2.83. The van der Waals surface area contributed by atoms with Crippen LogP contribution in [0, 0.1) is 35.4 Å². The standard InChI is InChI=1S/C42H34Cl2FN3O7/c1-54-34-19-22(20-35(55-2)37(34)49)3-18-32-29-16-17-30-36(40(52)47(38(30)50)28-14-8-25(44)9-15-28)31(29)21-33-39(51)48(46-27-12-10-26(45)11-13-27)41(53)42(32,33)23-4-6-24(43)7-5-23/h3-16,18-20,30-33,36,46,49H,17,21H2,1-2H3/t30-,31+,32-,33-,36-,42-/m0/s1. The molecule has 1 saturated carbocycles. The lowest BCUT2D eigenvalue weighted by atomic mass is 9.50. The third-order valence-corrected chi connectivity index (χ3v) is 11.9. The zero-order valence-electron chi connectivity index (χ0n) is 29.5. The smallest absolute Gasteiger partial charge is 0.260 e. The fourth-order valence-electron chi connectivity index (χ4n) is 8.96. The van der Waals surface area contributed by atoms with E-state index in [2.05, 4.69) is 5.43 Å². The highest BCUT2D eigenvalue weighted by Crippen LogP contribution is 2.62. The van der Waals surface area contributed by atoms with Crippen LogP contribution in [0.2, 0.25) is 10.0 Å². The molecule has 2 heterocycles. The first-order chi connectivity index (χ1) is 26.5. The molecule has 8 rings (SSSR count). The van der Waals surface area contributed by atoms with Gasteiger partial charge in [-0.25, -0.2) is 4.39 Å². The Hall–Kier alpha value is -5.65. The summed E-state index contributed by atoms with van der Waals surface area (Å²) in [5, 5.41) is 12.5. The summed E-state index contributed by atoms with van der Waals surface area (Å²) in [6, 6.07) is 21.8. The lowest BCUT2D eigenvalue weighted by molar-refractivity contribution is -0.139. The molecule has 10 nitrogen and oxygen atoms in total. The van der Waals surface area contributed by atoms with Crippen molar-refractivity contribution in [3.63, 3.8) is 0 Å². The Morgan fingerprint density at radius 2 is 1.45 bits per heavy atom. The average molecular weight is 783 g/mol. The number of nitrogens with one attached hydrogen (secondary N) is 1. The van der Waals surface area contributed by atoms with Crippen LogP contribution >= 0.6 is 23.2 Å². The van der Waals surface area contributed by atoms with E-state index in [0.717, 1.165) is 10.6 Å². The van der Waals surface area contributed by atoms with E-state index in [0.29, 0.717) is 32.5 Å². The number of carbonyl (C=O) groups is 4. The number of hydrogen-bond donors (Lipinski definition) is 2. The molecule has 4 amide bonds. The van der Waals surface area contributed by atoms with E-state index in [-0.39, 0.29) is 41.9 Å². The van der Waals surface area contributed by atoms with Gasteiger partial charge in [0.2, 0.25) is 17.6 Å². The van der Waals surface area contributed by atoms with E-state index < -0.39 is 52.6 Å². The number of amides is 4. The summed E-state index contributed by atoms with van der Waals surface area (Å²) in [6.45, 7) is 0. The predicted octanol–water partition coefficient (Wildman–Crippen LogP) is 7.59. The van der Waals surface area contributed by atoms with Gasteiger partial charge in [0.1, 0.15) is 5.82 Å².